The quantitative estimate of drug-likeness (QED) is 0.342. The van der Waals surface area contributed by atoms with E-state index >= 15 is 0 Å². The first kappa shape index (κ1) is 22.9. The highest BCUT2D eigenvalue weighted by atomic mass is 35.5. The molecule has 4 aromatic rings. The van der Waals surface area contributed by atoms with Crippen molar-refractivity contribution in [1.82, 2.24) is 20.4 Å². The van der Waals surface area contributed by atoms with Gasteiger partial charge in [0.1, 0.15) is 0 Å². The number of nitrogens with one attached hydrogen (secondary N) is 1. The van der Waals surface area contributed by atoms with Gasteiger partial charge in [-0.05, 0) is 56.2 Å². The van der Waals surface area contributed by atoms with Gasteiger partial charge in [0.25, 0.3) is 5.89 Å². The molecule has 0 bridgehead atoms. The lowest BCUT2D eigenvalue weighted by Gasteiger charge is -2.35. The minimum Gasteiger partial charge on any atom is -0.334 e. The van der Waals surface area contributed by atoms with Crippen molar-refractivity contribution in [1.29, 1.82) is 0 Å². The second-order valence-electron chi connectivity index (χ2n) is 8.80. The molecule has 35 heavy (non-hydrogen) atoms. The largest absolute Gasteiger partial charge is 0.334 e. The molecule has 0 radical (unpaired) electrons. The maximum absolute atomic E-state index is 13.3. The van der Waals surface area contributed by atoms with Gasteiger partial charge in [-0.2, -0.15) is 4.98 Å². The molecule has 1 unspecified atom stereocenters. The number of carbonyl (C=O) groups is 1. The Morgan fingerprint density at radius 1 is 0.971 bits per heavy atom. The molecule has 1 atom stereocenters. The van der Waals surface area contributed by atoms with Gasteiger partial charge in [0.15, 0.2) is 0 Å². The average Bonchev–Trinajstić information content (AvgIpc) is 3.32. The topological polar surface area (TPSA) is 71.3 Å². The molecule has 0 saturated carbocycles. The van der Waals surface area contributed by atoms with Crippen molar-refractivity contribution in [2.75, 3.05) is 0 Å². The number of carbonyl (C=O) groups excluding carboxylic acids is 1. The zero-order chi connectivity index (χ0) is 24.5. The van der Waals surface area contributed by atoms with Crippen LogP contribution in [0.25, 0.3) is 17.0 Å². The molecular formula is C28H25ClN4O2. The third-order valence-electron chi connectivity index (χ3n) is 6.19. The molecule has 176 valence electrons. The number of amides is 2. The Kier molecular flexibility index (Phi) is 6.14. The van der Waals surface area contributed by atoms with Crippen LogP contribution in [-0.2, 0) is 6.54 Å². The highest BCUT2D eigenvalue weighted by Crippen LogP contribution is 2.38. The van der Waals surface area contributed by atoms with E-state index in [2.05, 4.69) is 16.5 Å². The van der Waals surface area contributed by atoms with E-state index in [0.717, 1.165) is 39.1 Å². The van der Waals surface area contributed by atoms with Gasteiger partial charge in [-0.3, -0.25) is 4.90 Å². The summed E-state index contributed by atoms with van der Waals surface area (Å²) in [5, 5.41) is 8.01. The van der Waals surface area contributed by atoms with E-state index in [1.165, 1.54) is 0 Å². The first-order chi connectivity index (χ1) is 16.9. The number of benzene rings is 3. The standard InChI is InChI=1S/C28H25ClN4O2/c1-17-7-9-21(10-8-17)25-24(27-31-26(32-35-27)22-11-13-23(29)14-12-22)19(3)33(28(34)30-25)16-20-6-4-5-18(2)15-20/h4-15,25H,16H2,1-3H3,(H,30,34). The fourth-order valence-corrected chi connectivity index (χ4v) is 4.43. The van der Waals surface area contributed by atoms with Crippen molar-refractivity contribution in [2.45, 2.75) is 33.4 Å². The van der Waals surface area contributed by atoms with E-state index in [-0.39, 0.29) is 6.03 Å². The van der Waals surface area contributed by atoms with Crippen LogP contribution in [-0.4, -0.2) is 21.1 Å². The fraction of sp³-hybridized carbons (Fsp3) is 0.179. The van der Waals surface area contributed by atoms with Crippen LogP contribution in [0.1, 0.15) is 41.1 Å². The first-order valence-corrected chi connectivity index (χ1v) is 11.8. The van der Waals surface area contributed by atoms with Gasteiger partial charge >= 0.3 is 6.03 Å². The number of hydrogen-bond donors (Lipinski definition) is 1. The van der Waals surface area contributed by atoms with Gasteiger partial charge in [0.2, 0.25) is 5.82 Å². The minimum atomic E-state index is -0.421. The average molecular weight is 485 g/mol. The Morgan fingerprint density at radius 2 is 1.71 bits per heavy atom. The van der Waals surface area contributed by atoms with Crippen LogP contribution in [0.15, 0.2) is 83.0 Å². The lowest BCUT2D eigenvalue weighted by molar-refractivity contribution is 0.203. The third-order valence-corrected chi connectivity index (χ3v) is 6.44. The smallest absolute Gasteiger partial charge is 0.322 e. The summed E-state index contributed by atoms with van der Waals surface area (Å²) in [4.78, 5) is 19.7. The summed E-state index contributed by atoms with van der Waals surface area (Å²) in [6.45, 7) is 6.43. The minimum absolute atomic E-state index is 0.171. The number of allylic oxidation sites excluding steroid dienone is 1. The van der Waals surface area contributed by atoms with E-state index in [0.29, 0.717) is 23.3 Å². The summed E-state index contributed by atoms with van der Waals surface area (Å²) >= 11 is 6.03. The lowest BCUT2D eigenvalue weighted by atomic mass is 9.94. The van der Waals surface area contributed by atoms with Crippen LogP contribution in [0, 0.1) is 13.8 Å². The summed E-state index contributed by atoms with van der Waals surface area (Å²) in [6.07, 6.45) is 0. The highest BCUT2D eigenvalue weighted by Gasteiger charge is 2.35. The Bertz CT molecular complexity index is 1410. The van der Waals surface area contributed by atoms with Crippen LogP contribution in [0.2, 0.25) is 5.02 Å². The van der Waals surface area contributed by atoms with E-state index in [4.69, 9.17) is 21.1 Å². The van der Waals surface area contributed by atoms with E-state index < -0.39 is 6.04 Å². The second kappa shape index (κ2) is 9.39. The van der Waals surface area contributed by atoms with Crippen LogP contribution >= 0.6 is 11.6 Å². The molecule has 0 fully saturated rings. The predicted octanol–water partition coefficient (Wildman–Crippen LogP) is 6.70. The zero-order valence-electron chi connectivity index (χ0n) is 19.7. The molecule has 0 saturated heterocycles. The van der Waals surface area contributed by atoms with Crippen molar-refractivity contribution < 1.29 is 9.32 Å². The molecule has 2 heterocycles. The SMILES string of the molecule is CC1=C(c2nc(-c3ccc(Cl)cc3)no2)C(c2ccc(C)cc2)NC(=O)N1Cc1cccc(C)c1. The Balaban J connectivity index is 1.59. The number of aryl methyl sites for hydroxylation is 2. The molecule has 1 N–H and O–H groups in total. The second-order valence-corrected chi connectivity index (χ2v) is 9.23. The van der Waals surface area contributed by atoms with E-state index in [1.807, 2.05) is 75.4 Å². The molecule has 1 aliphatic heterocycles. The molecule has 1 aliphatic rings. The number of halogens is 1. The van der Waals surface area contributed by atoms with Gasteiger partial charge in [0, 0.05) is 16.3 Å². The monoisotopic (exact) mass is 484 g/mol. The molecule has 5 rings (SSSR count). The van der Waals surface area contributed by atoms with Crippen molar-refractivity contribution in [2.24, 2.45) is 0 Å². The molecular weight excluding hydrogens is 460 g/mol. The van der Waals surface area contributed by atoms with Gasteiger partial charge in [-0.15, -0.1) is 0 Å². The predicted molar refractivity (Wildman–Crippen MR) is 137 cm³/mol. The van der Waals surface area contributed by atoms with Crippen molar-refractivity contribution >= 4 is 23.2 Å². The van der Waals surface area contributed by atoms with E-state index in [1.54, 1.807) is 17.0 Å². The summed E-state index contributed by atoms with van der Waals surface area (Å²) in [7, 11) is 0. The summed E-state index contributed by atoms with van der Waals surface area (Å²) < 4.78 is 5.76. The molecule has 3 aromatic carbocycles. The van der Waals surface area contributed by atoms with Crippen molar-refractivity contribution in [3.63, 3.8) is 0 Å². The van der Waals surface area contributed by atoms with Crippen molar-refractivity contribution in [3.05, 3.63) is 112 Å². The Hall–Kier alpha value is -3.90. The molecule has 6 nitrogen and oxygen atoms in total. The molecule has 1 aromatic heterocycles. The lowest BCUT2D eigenvalue weighted by Crippen LogP contribution is -2.45. The van der Waals surface area contributed by atoms with Crippen LogP contribution in [0.4, 0.5) is 4.79 Å². The maximum atomic E-state index is 13.3. The Labute approximate surface area is 209 Å². The molecule has 7 heteroatoms. The normalized spacial score (nSPS) is 15.9. The van der Waals surface area contributed by atoms with Crippen LogP contribution in [0.5, 0.6) is 0 Å². The fourth-order valence-electron chi connectivity index (χ4n) is 4.30. The Morgan fingerprint density at radius 3 is 2.43 bits per heavy atom. The maximum Gasteiger partial charge on any atom is 0.322 e. The van der Waals surface area contributed by atoms with Gasteiger partial charge < -0.3 is 9.84 Å². The van der Waals surface area contributed by atoms with Gasteiger partial charge in [-0.25, -0.2) is 4.79 Å². The number of hydrogen-bond acceptors (Lipinski definition) is 4. The number of rotatable bonds is 5. The summed E-state index contributed by atoms with van der Waals surface area (Å²) in [6, 6.07) is 22.9. The van der Waals surface area contributed by atoms with Crippen molar-refractivity contribution in [3.8, 4) is 11.4 Å². The van der Waals surface area contributed by atoms with Crippen LogP contribution < -0.4 is 5.32 Å². The summed E-state index contributed by atoms with van der Waals surface area (Å²) in [5.74, 6) is 0.828. The van der Waals surface area contributed by atoms with E-state index in [9.17, 15) is 4.79 Å². The van der Waals surface area contributed by atoms with Crippen LogP contribution in [0.3, 0.4) is 0 Å². The number of aromatic nitrogens is 2. The van der Waals surface area contributed by atoms with Gasteiger partial charge in [-0.1, -0.05) is 76.4 Å². The molecule has 2 amide bonds. The molecule has 0 aliphatic carbocycles. The van der Waals surface area contributed by atoms with Gasteiger partial charge in [0.05, 0.1) is 18.2 Å². The number of nitrogens with zero attached hydrogens (tertiary/aromatic N) is 3. The summed E-state index contributed by atoms with van der Waals surface area (Å²) in [5.41, 5.74) is 6.61. The third kappa shape index (κ3) is 4.70. The first-order valence-electron chi connectivity index (χ1n) is 11.4. The molecule has 0 spiro atoms. The highest BCUT2D eigenvalue weighted by molar-refractivity contribution is 6.30. The number of urea groups is 1. The zero-order valence-corrected chi connectivity index (χ0v) is 20.5.